The van der Waals surface area contributed by atoms with Crippen molar-refractivity contribution in [1.82, 2.24) is 29.5 Å². The van der Waals surface area contributed by atoms with Crippen molar-refractivity contribution in [2.75, 3.05) is 25.5 Å². The molecule has 8 heteroatoms. The van der Waals surface area contributed by atoms with Gasteiger partial charge in [-0.05, 0) is 51.2 Å². The van der Waals surface area contributed by atoms with Crippen LogP contribution >= 0.6 is 0 Å². The van der Waals surface area contributed by atoms with E-state index in [0.717, 1.165) is 59.4 Å². The quantitative estimate of drug-likeness (QED) is 0.574. The van der Waals surface area contributed by atoms with Crippen LogP contribution in [0.4, 0.5) is 5.69 Å². The molecule has 1 fully saturated rings. The standard InChI is InChI=1S/C20H21N7O/c1-26-6-4-13(5-7-26)20(28)25-15-8-16-17(10-22-19(16)21-9-15)14-2-3-18-23-12-24-27(18)11-14/h2-3,8-13H,4-7H2,1H3,(H,21,22)(H,25,28). The maximum atomic E-state index is 12.6. The van der Waals surface area contributed by atoms with E-state index in [0.29, 0.717) is 0 Å². The average molecular weight is 375 g/mol. The molecule has 5 heterocycles. The number of amides is 1. The van der Waals surface area contributed by atoms with E-state index in [-0.39, 0.29) is 11.8 Å². The maximum absolute atomic E-state index is 12.6. The summed E-state index contributed by atoms with van der Waals surface area (Å²) in [6.07, 6.45) is 8.90. The number of hydrogen-bond acceptors (Lipinski definition) is 5. The molecule has 0 aromatic carbocycles. The number of fused-ring (bicyclic) bond motifs is 2. The Balaban J connectivity index is 1.44. The summed E-state index contributed by atoms with van der Waals surface area (Å²) in [6, 6.07) is 5.92. The lowest BCUT2D eigenvalue weighted by molar-refractivity contribution is -0.121. The van der Waals surface area contributed by atoms with Crippen LogP contribution in [0.3, 0.4) is 0 Å². The number of aromatic nitrogens is 5. The molecule has 0 bridgehead atoms. The third-order valence-corrected chi connectivity index (χ3v) is 5.47. The van der Waals surface area contributed by atoms with E-state index < -0.39 is 0 Å². The lowest BCUT2D eigenvalue weighted by atomic mass is 9.96. The summed E-state index contributed by atoms with van der Waals surface area (Å²) < 4.78 is 1.74. The number of hydrogen-bond donors (Lipinski definition) is 2. The highest BCUT2D eigenvalue weighted by atomic mass is 16.1. The Labute approximate surface area is 161 Å². The van der Waals surface area contributed by atoms with Crippen molar-refractivity contribution < 1.29 is 4.79 Å². The second kappa shape index (κ2) is 6.72. The molecule has 0 unspecified atom stereocenters. The number of piperidine rings is 1. The van der Waals surface area contributed by atoms with Gasteiger partial charge in [-0.2, -0.15) is 5.10 Å². The fourth-order valence-electron chi connectivity index (χ4n) is 3.80. The number of carbonyl (C=O) groups excluding carboxylic acids is 1. The number of H-pyrrole nitrogens is 1. The van der Waals surface area contributed by atoms with Crippen LogP contribution in [0.15, 0.2) is 43.1 Å². The van der Waals surface area contributed by atoms with E-state index in [1.54, 1.807) is 10.7 Å². The molecular weight excluding hydrogens is 354 g/mol. The highest BCUT2D eigenvalue weighted by Gasteiger charge is 2.23. The minimum absolute atomic E-state index is 0.0623. The molecule has 4 aromatic heterocycles. The number of nitrogens with zero attached hydrogens (tertiary/aromatic N) is 5. The van der Waals surface area contributed by atoms with Gasteiger partial charge in [0.05, 0.1) is 11.9 Å². The van der Waals surface area contributed by atoms with Gasteiger partial charge in [0.25, 0.3) is 0 Å². The van der Waals surface area contributed by atoms with E-state index in [9.17, 15) is 4.79 Å². The number of likely N-dealkylation sites (tertiary alicyclic amines) is 1. The smallest absolute Gasteiger partial charge is 0.227 e. The lowest BCUT2D eigenvalue weighted by Crippen LogP contribution is -2.35. The zero-order valence-electron chi connectivity index (χ0n) is 15.6. The van der Waals surface area contributed by atoms with Crippen molar-refractivity contribution in [2.45, 2.75) is 12.8 Å². The van der Waals surface area contributed by atoms with Crippen molar-refractivity contribution in [3.8, 4) is 11.1 Å². The van der Waals surface area contributed by atoms with Crippen molar-refractivity contribution in [3.05, 3.63) is 43.1 Å². The van der Waals surface area contributed by atoms with E-state index in [1.807, 2.05) is 30.6 Å². The average Bonchev–Trinajstić information content (AvgIpc) is 3.34. The number of aromatic amines is 1. The lowest BCUT2D eigenvalue weighted by Gasteiger charge is -2.28. The van der Waals surface area contributed by atoms with Gasteiger partial charge in [-0.15, -0.1) is 0 Å². The minimum Gasteiger partial charge on any atom is -0.346 e. The van der Waals surface area contributed by atoms with Gasteiger partial charge < -0.3 is 15.2 Å². The first-order chi connectivity index (χ1) is 13.7. The van der Waals surface area contributed by atoms with E-state index in [1.165, 1.54) is 6.33 Å². The van der Waals surface area contributed by atoms with Crippen molar-refractivity contribution >= 4 is 28.3 Å². The SMILES string of the molecule is CN1CCC(C(=O)Nc2cnc3[nH]cc(-c4ccc5ncnn5c4)c3c2)CC1. The van der Waals surface area contributed by atoms with Gasteiger partial charge in [0.1, 0.15) is 12.0 Å². The Morgan fingerprint density at radius 2 is 2.11 bits per heavy atom. The molecule has 0 saturated carbocycles. The number of rotatable bonds is 3. The molecule has 28 heavy (non-hydrogen) atoms. The molecule has 8 nitrogen and oxygen atoms in total. The third kappa shape index (κ3) is 3.01. The molecule has 0 atom stereocenters. The summed E-state index contributed by atoms with van der Waals surface area (Å²) in [4.78, 5) is 26.8. The Morgan fingerprint density at radius 3 is 2.96 bits per heavy atom. The van der Waals surface area contributed by atoms with Crippen LogP contribution in [0.2, 0.25) is 0 Å². The largest absolute Gasteiger partial charge is 0.346 e. The molecule has 0 spiro atoms. The summed E-state index contributed by atoms with van der Waals surface area (Å²) in [5.41, 5.74) is 4.32. The highest BCUT2D eigenvalue weighted by molar-refractivity contribution is 5.98. The molecule has 1 aliphatic heterocycles. The summed E-state index contributed by atoms with van der Waals surface area (Å²) in [7, 11) is 2.09. The zero-order chi connectivity index (χ0) is 19.1. The number of nitrogens with one attached hydrogen (secondary N) is 2. The van der Waals surface area contributed by atoms with Crippen molar-refractivity contribution in [2.24, 2.45) is 5.92 Å². The molecule has 1 saturated heterocycles. The van der Waals surface area contributed by atoms with Crippen LogP contribution in [0.25, 0.3) is 27.8 Å². The fourth-order valence-corrected chi connectivity index (χ4v) is 3.80. The van der Waals surface area contributed by atoms with Crippen LogP contribution in [0, 0.1) is 5.92 Å². The Morgan fingerprint density at radius 1 is 1.25 bits per heavy atom. The van der Waals surface area contributed by atoms with E-state index >= 15 is 0 Å². The summed E-state index contributed by atoms with van der Waals surface area (Å²) >= 11 is 0. The van der Waals surface area contributed by atoms with Crippen LogP contribution in [0.5, 0.6) is 0 Å². The van der Waals surface area contributed by atoms with Gasteiger partial charge in [0.15, 0.2) is 5.65 Å². The number of carbonyl (C=O) groups is 1. The van der Waals surface area contributed by atoms with Crippen molar-refractivity contribution in [3.63, 3.8) is 0 Å². The van der Waals surface area contributed by atoms with Gasteiger partial charge in [0, 0.05) is 34.8 Å². The Hall–Kier alpha value is -3.26. The van der Waals surface area contributed by atoms with Crippen molar-refractivity contribution in [1.29, 1.82) is 0 Å². The number of pyridine rings is 2. The van der Waals surface area contributed by atoms with Crippen LogP contribution in [-0.4, -0.2) is 55.5 Å². The van der Waals surface area contributed by atoms with Gasteiger partial charge >= 0.3 is 0 Å². The first kappa shape index (κ1) is 16.9. The molecule has 142 valence electrons. The maximum Gasteiger partial charge on any atom is 0.227 e. The van der Waals surface area contributed by atoms with Crippen LogP contribution in [-0.2, 0) is 4.79 Å². The zero-order valence-corrected chi connectivity index (χ0v) is 15.6. The minimum atomic E-state index is 0.0623. The highest BCUT2D eigenvalue weighted by Crippen LogP contribution is 2.30. The third-order valence-electron chi connectivity index (χ3n) is 5.47. The molecule has 0 aliphatic carbocycles. The van der Waals surface area contributed by atoms with Gasteiger partial charge in [-0.25, -0.2) is 14.5 Å². The predicted octanol–water partition coefficient (Wildman–Crippen LogP) is 2.55. The second-order valence-corrected chi connectivity index (χ2v) is 7.37. The molecule has 1 aliphatic rings. The summed E-state index contributed by atoms with van der Waals surface area (Å²) in [5, 5.41) is 8.21. The van der Waals surface area contributed by atoms with Gasteiger partial charge in [-0.1, -0.05) is 0 Å². The fraction of sp³-hybridized carbons (Fsp3) is 0.300. The molecule has 5 rings (SSSR count). The topological polar surface area (TPSA) is 91.2 Å². The van der Waals surface area contributed by atoms with Gasteiger partial charge in [-0.3, -0.25) is 4.79 Å². The Kier molecular flexibility index (Phi) is 4.05. The molecule has 2 N–H and O–H groups in total. The normalized spacial score (nSPS) is 16.0. The first-order valence-electron chi connectivity index (χ1n) is 9.44. The van der Waals surface area contributed by atoms with Gasteiger partial charge in [0.2, 0.25) is 5.91 Å². The monoisotopic (exact) mass is 375 g/mol. The van der Waals surface area contributed by atoms with E-state index in [2.05, 4.69) is 37.3 Å². The molecule has 4 aromatic rings. The molecular formula is C20H21N7O. The second-order valence-electron chi connectivity index (χ2n) is 7.37. The first-order valence-corrected chi connectivity index (χ1v) is 9.44. The van der Waals surface area contributed by atoms with E-state index in [4.69, 9.17) is 0 Å². The summed E-state index contributed by atoms with van der Waals surface area (Å²) in [5.74, 6) is 0.141. The summed E-state index contributed by atoms with van der Waals surface area (Å²) in [6.45, 7) is 1.92. The molecule has 0 radical (unpaired) electrons. The molecule has 1 amide bonds. The van der Waals surface area contributed by atoms with Crippen LogP contribution in [0.1, 0.15) is 12.8 Å². The Bertz CT molecular complexity index is 1150. The predicted molar refractivity (Wildman–Crippen MR) is 107 cm³/mol. The van der Waals surface area contributed by atoms with Crippen LogP contribution < -0.4 is 5.32 Å². The number of anilines is 1.